The molecule has 1 aromatic heterocycles. The normalized spacial score (nSPS) is 19.4. The molecule has 2 aromatic rings. The molecule has 2 unspecified atom stereocenters. The van der Waals surface area contributed by atoms with Crippen LogP contribution >= 0.6 is 0 Å². The average Bonchev–Trinajstić information content (AvgIpc) is 3.30. The minimum Gasteiger partial charge on any atom is -0.353 e. The van der Waals surface area contributed by atoms with Crippen LogP contribution < -0.4 is 5.32 Å². The number of aromatic nitrogens is 2. The van der Waals surface area contributed by atoms with E-state index in [1.165, 1.54) is 38.2 Å². The number of hydrogen-bond acceptors (Lipinski definition) is 4. The molecule has 1 aromatic carbocycles. The predicted molar refractivity (Wildman–Crippen MR) is 102 cm³/mol. The van der Waals surface area contributed by atoms with Gasteiger partial charge in [0.25, 0.3) is 0 Å². The van der Waals surface area contributed by atoms with Gasteiger partial charge in [-0.05, 0) is 55.9 Å². The molecular formula is C21H28FN3O2. The summed E-state index contributed by atoms with van der Waals surface area (Å²) in [5.74, 6) is 1.25. The number of aryl methyl sites for hydroxylation is 2. The van der Waals surface area contributed by atoms with Gasteiger partial charge in [0.1, 0.15) is 5.82 Å². The number of rotatable bonds is 8. The number of unbranched alkanes of at least 4 members (excludes halogenated alkanes) is 1. The highest BCUT2D eigenvalue weighted by Gasteiger charge is 2.27. The van der Waals surface area contributed by atoms with Gasteiger partial charge in [-0.25, -0.2) is 4.39 Å². The van der Waals surface area contributed by atoms with Crippen molar-refractivity contribution >= 4 is 5.91 Å². The number of hydrogen-bond donors (Lipinski definition) is 1. The molecule has 0 spiro atoms. The molecule has 0 radical (unpaired) electrons. The van der Waals surface area contributed by atoms with E-state index in [-0.39, 0.29) is 11.7 Å². The van der Waals surface area contributed by atoms with Gasteiger partial charge in [0, 0.05) is 24.4 Å². The summed E-state index contributed by atoms with van der Waals surface area (Å²) in [6.45, 7) is 3.90. The molecule has 1 N–H and O–H groups in total. The number of nitrogens with one attached hydrogen (secondary N) is 1. The molecule has 1 aliphatic carbocycles. The Hall–Kier alpha value is -2.24. The molecule has 1 heterocycles. The standard InChI is InChI=1S/C21H28FN3O2/c1-3-4-6-15-7-5-8-18(15)23-19(26)11-12-20-24-21(25-27-20)16-9-10-17(22)14(2)13-16/h9-10,13,15,18H,3-8,11-12H2,1-2H3,(H,23,26). The number of carbonyl (C=O) groups is 1. The lowest BCUT2D eigenvalue weighted by Gasteiger charge is -2.20. The lowest BCUT2D eigenvalue weighted by Crippen LogP contribution is -2.37. The van der Waals surface area contributed by atoms with Crippen molar-refractivity contribution in [3.8, 4) is 11.4 Å². The second-order valence-electron chi connectivity index (χ2n) is 7.48. The van der Waals surface area contributed by atoms with Crippen LogP contribution in [0.3, 0.4) is 0 Å². The fourth-order valence-electron chi connectivity index (χ4n) is 3.80. The van der Waals surface area contributed by atoms with Crippen molar-refractivity contribution in [1.82, 2.24) is 15.5 Å². The maximum Gasteiger partial charge on any atom is 0.227 e. The molecule has 2 atom stereocenters. The first-order valence-electron chi connectivity index (χ1n) is 9.95. The molecule has 1 saturated carbocycles. The summed E-state index contributed by atoms with van der Waals surface area (Å²) in [6.07, 6.45) is 7.86. The molecule has 27 heavy (non-hydrogen) atoms. The van der Waals surface area contributed by atoms with Crippen LogP contribution in [0.25, 0.3) is 11.4 Å². The van der Waals surface area contributed by atoms with Gasteiger partial charge in [-0.2, -0.15) is 4.98 Å². The lowest BCUT2D eigenvalue weighted by atomic mass is 9.96. The van der Waals surface area contributed by atoms with Crippen LogP contribution in [0.5, 0.6) is 0 Å². The lowest BCUT2D eigenvalue weighted by molar-refractivity contribution is -0.122. The van der Waals surface area contributed by atoms with Crippen molar-refractivity contribution in [1.29, 1.82) is 0 Å². The summed E-state index contributed by atoms with van der Waals surface area (Å²) in [5.41, 5.74) is 1.24. The van der Waals surface area contributed by atoms with Crippen molar-refractivity contribution in [3.63, 3.8) is 0 Å². The van der Waals surface area contributed by atoms with Crippen molar-refractivity contribution < 1.29 is 13.7 Å². The highest BCUT2D eigenvalue weighted by Crippen LogP contribution is 2.30. The monoisotopic (exact) mass is 373 g/mol. The van der Waals surface area contributed by atoms with Gasteiger partial charge in [0.15, 0.2) is 0 Å². The summed E-state index contributed by atoms with van der Waals surface area (Å²) in [4.78, 5) is 16.6. The maximum atomic E-state index is 13.4. The van der Waals surface area contributed by atoms with Gasteiger partial charge in [0.05, 0.1) is 0 Å². The van der Waals surface area contributed by atoms with Gasteiger partial charge >= 0.3 is 0 Å². The molecule has 1 aliphatic rings. The summed E-state index contributed by atoms with van der Waals surface area (Å²) < 4.78 is 18.6. The molecule has 3 rings (SSSR count). The predicted octanol–water partition coefficient (Wildman–Crippen LogP) is 4.59. The third-order valence-corrected chi connectivity index (χ3v) is 5.38. The van der Waals surface area contributed by atoms with Crippen LogP contribution in [0.1, 0.15) is 63.3 Å². The second kappa shape index (κ2) is 9.11. The van der Waals surface area contributed by atoms with Crippen molar-refractivity contribution in [2.45, 2.75) is 71.3 Å². The Balaban J connectivity index is 1.50. The number of halogens is 1. The zero-order chi connectivity index (χ0) is 19.2. The molecule has 146 valence electrons. The van der Waals surface area contributed by atoms with Gasteiger partial charge in [0.2, 0.25) is 17.6 Å². The quantitative estimate of drug-likeness (QED) is 0.735. The van der Waals surface area contributed by atoms with E-state index in [9.17, 15) is 9.18 Å². The minimum atomic E-state index is -0.261. The van der Waals surface area contributed by atoms with Crippen LogP contribution in [0.15, 0.2) is 22.7 Å². The third kappa shape index (κ3) is 5.15. The summed E-state index contributed by atoms with van der Waals surface area (Å²) in [7, 11) is 0. The minimum absolute atomic E-state index is 0.0424. The first kappa shape index (κ1) is 19.5. The Bertz CT molecular complexity index is 775. The fourth-order valence-corrected chi connectivity index (χ4v) is 3.80. The van der Waals surface area contributed by atoms with E-state index in [0.29, 0.717) is 47.6 Å². The van der Waals surface area contributed by atoms with Gasteiger partial charge in [-0.15, -0.1) is 0 Å². The fraction of sp³-hybridized carbons (Fsp3) is 0.571. The molecule has 0 bridgehead atoms. The largest absolute Gasteiger partial charge is 0.353 e. The molecule has 6 heteroatoms. The van der Waals surface area contributed by atoms with E-state index in [1.807, 2.05) is 0 Å². The van der Waals surface area contributed by atoms with Crippen LogP contribution in [0.4, 0.5) is 4.39 Å². The van der Waals surface area contributed by atoms with E-state index in [2.05, 4.69) is 22.4 Å². The Morgan fingerprint density at radius 2 is 2.22 bits per heavy atom. The van der Waals surface area contributed by atoms with Crippen molar-refractivity contribution in [2.24, 2.45) is 5.92 Å². The summed E-state index contributed by atoms with van der Waals surface area (Å²) >= 11 is 0. The first-order chi connectivity index (χ1) is 13.1. The second-order valence-corrected chi connectivity index (χ2v) is 7.48. The SMILES string of the molecule is CCCCC1CCCC1NC(=O)CCc1nc(-c2ccc(F)c(C)c2)no1. The van der Waals surface area contributed by atoms with Crippen LogP contribution in [-0.2, 0) is 11.2 Å². The summed E-state index contributed by atoms with van der Waals surface area (Å²) in [5, 5.41) is 7.13. The third-order valence-electron chi connectivity index (χ3n) is 5.38. The zero-order valence-corrected chi connectivity index (χ0v) is 16.1. The molecule has 1 amide bonds. The van der Waals surface area contributed by atoms with E-state index >= 15 is 0 Å². The first-order valence-corrected chi connectivity index (χ1v) is 9.95. The average molecular weight is 373 g/mol. The van der Waals surface area contributed by atoms with E-state index in [4.69, 9.17) is 4.52 Å². The smallest absolute Gasteiger partial charge is 0.227 e. The van der Waals surface area contributed by atoms with E-state index in [0.717, 1.165) is 6.42 Å². The van der Waals surface area contributed by atoms with Gasteiger partial charge in [-0.3, -0.25) is 4.79 Å². The van der Waals surface area contributed by atoms with E-state index in [1.54, 1.807) is 19.1 Å². The Labute approximate surface area is 159 Å². The zero-order valence-electron chi connectivity index (χ0n) is 16.1. The highest BCUT2D eigenvalue weighted by atomic mass is 19.1. The molecule has 0 saturated heterocycles. The Morgan fingerprint density at radius 1 is 1.37 bits per heavy atom. The Morgan fingerprint density at radius 3 is 3.00 bits per heavy atom. The molecule has 1 fully saturated rings. The highest BCUT2D eigenvalue weighted by molar-refractivity contribution is 5.76. The van der Waals surface area contributed by atoms with Gasteiger partial charge < -0.3 is 9.84 Å². The van der Waals surface area contributed by atoms with Crippen molar-refractivity contribution in [3.05, 3.63) is 35.5 Å². The van der Waals surface area contributed by atoms with Crippen LogP contribution in [-0.4, -0.2) is 22.1 Å². The number of amides is 1. The number of nitrogens with zero attached hydrogens (tertiary/aromatic N) is 2. The topological polar surface area (TPSA) is 68.0 Å². The Kier molecular flexibility index (Phi) is 6.58. The van der Waals surface area contributed by atoms with E-state index < -0.39 is 0 Å². The van der Waals surface area contributed by atoms with Crippen LogP contribution in [0, 0.1) is 18.7 Å². The van der Waals surface area contributed by atoms with Crippen LogP contribution in [0.2, 0.25) is 0 Å². The molecule has 0 aliphatic heterocycles. The number of benzene rings is 1. The summed E-state index contributed by atoms with van der Waals surface area (Å²) in [6, 6.07) is 5.02. The molecule has 5 nitrogen and oxygen atoms in total. The number of carbonyl (C=O) groups excluding carboxylic acids is 1. The van der Waals surface area contributed by atoms with Crippen molar-refractivity contribution in [2.75, 3.05) is 0 Å². The van der Waals surface area contributed by atoms with Gasteiger partial charge in [-0.1, -0.05) is 31.3 Å². The maximum absolute atomic E-state index is 13.4. The molecular weight excluding hydrogens is 345 g/mol.